The molecule has 0 aliphatic carbocycles. The Hall–Kier alpha value is -1.94. The summed E-state index contributed by atoms with van der Waals surface area (Å²) in [5, 5.41) is 10.6. The third-order valence-electron chi connectivity index (χ3n) is 17.3. The highest BCUT2D eigenvalue weighted by Crippen LogP contribution is 2.45. The molecule has 0 aromatic rings. The molecule has 93 heavy (non-hydrogen) atoms. The van der Waals surface area contributed by atoms with Crippen molar-refractivity contribution in [1.82, 2.24) is 0 Å². The number of hydrogen-bond acceptors (Lipinski definition) is 15. The summed E-state index contributed by atoms with van der Waals surface area (Å²) < 4.78 is 68.5. The zero-order valence-electron chi connectivity index (χ0n) is 60.4. The number of carbonyl (C=O) groups excluding carboxylic acids is 4. The maximum Gasteiger partial charge on any atom is 0.472 e. The Morgan fingerprint density at radius 3 is 0.731 bits per heavy atom. The van der Waals surface area contributed by atoms with Crippen molar-refractivity contribution in [3.63, 3.8) is 0 Å². The van der Waals surface area contributed by atoms with Crippen molar-refractivity contribution in [3.05, 3.63) is 0 Å². The van der Waals surface area contributed by atoms with E-state index in [-0.39, 0.29) is 25.7 Å². The molecule has 0 heterocycles. The summed E-state index contributed by atoms with van der Waals surface area (Å²) in [7, 11) is -9.91. The van der Waals surface area contributed by atoms with Crippen LogP contribution in [0.2, 0.25) is 0 Å². The van der Waals surface area contributed by atoms with Crippen LogP contribution in [0.5, 0.6) is 0 Å². The molecular weight excluding hydrogens is 1220 g/mol. The van der Waals surface area contributed by atoms with Crippen LogP contribution in [0.1, 0.15) is 388 Å². The third-order valence-corrected chi connectivity index (χ3v) is 19.2. The summed E-state index contributed by atoms with van der Waals surface area (Å²) >= 11 is 0. The molecule has 0 saturated carbocycles. The molecule has 3 N–H and O–H groups in total. The number of ether oxygens (including phenoxy) is 4. The van der Waals surface area contributed by atoms with Gasteiger partial charge in [-0.25, -0.2) is 9.13 Å². The average molecular weight is 1370 g/mol. The largest absolute Gasteiger partial charge is 0.472 e. The molecule has 0 spiro atoms. The van der Waals surface area contributed by atoms with Crippen LogP contribution in [-0.2, 0) is 65.4 Å². The number of rotatable bonds is 74. The molecule has 0 rings (SSSR count). The second-order valence-corrected chi connectivity index (χ2v) is 30.1. The number of phosphoric ester groups is 2. The number of phosphoric acid groups is 2. The van der Waals surface area contributed by atoms with Crippen molar-refractivity contribution in [2.24, 2.45) is 5.92 Å². The molecule has 0 aliphatic rings. The fraction of sp³-hybridized carbons (Fsp3) is 0.946. The Kier molecular flexibility index (Phi) is 65.9. The van der Waals surface area contributed by atoms with E-state index in [0.29, 0.717) is 25.7 Å². The molecule has 0 fully saturated rings. The number of aliphatic hydroxyl groups is 1. The van der Waals surface area contributed by atoms with Crippen LogP contribution in [0.3, 0.4) is 0 Å². The lowest BCUT2D eigenvalue weighted by Gasteiger charge is -2.21. The van der Waals surface area contributed by atoms with Gasteiger partial charge in [-0.15, -0.1) is 0 Å². The van der Waals surface area contributed by atoms with E-state index in [1.165, 1.54) is 212 Å². The van der Waals surface area contributed by atoms with Gasteiger partial charge in [0.25, 0.3) is 0 Å². The van der Waals surface area contributed by atoms with Crippen LogP contribution >= 0.6 is 15.6 Å². The van der Waals surface area contributed by atoms with E-state index in [2.05, 4.69) is 34.6 Å². The van der Waals surface area contributed by atoms with Crippen molar-refractivity contribution in [1.29, 1.82) is 0 Å². The molecular formula is C74H144O17P2. The molecule has 0 radical (unpaired) electrons. The molecule has 0 bridgehead atoms. The Morgan fingerprint density at radius 1 is 0.290 bits per heavy atom. The normalized spacial score (nSPS) is 14.0. The highest BCUT2D eigenvalue weighted by atomic mass is 31.2. The van der Waals surface area contributed by atoms with Gasteiger partial charge >= 0.3 is 39.5 Å². The monoisotopic (exact) mass is 1370 g/mol. The van der Waals surface area contributed by atoms with Crippen LogP contribution in [0.4, 0.5) is 0 Å². The minimum atomic E-state index is -4.95. The van der Waals surface area contributed by atoms with E-state index in [1.54, 1.807) is 0 Å². The number of aliphatic hydroxyl groups excluding tert-OH is 1. The van der Waals surface area contributed by atoms with E-state index in [4.69, 9.17) is 37.0 Å². The summed E-state index contributed by atoms with van der Waals surface area (Å²) in [6.45, 7) is 7.30. The molecule has 19 heteroatoms. The lowest BCUT2D eigenvalue weighted by Crippen LogP contribution is -2.30. The maximum atomic E-state index is 13.1. The first kappa shape index (κ1) is 91.1. The van der Waals surface area contributed by atoms with Crippen LogP contribution < -0.4 is 0 Å². The predicted octanol–water partition coefficient (Wildman–Crippen LogP) is 21.7. The zero-order chi connectivity index (χ0) is 68.4. The molecule has 0 aromatic heterocycles. The quantitative estimate of drug-likeness (QED) is 0.0222. The van der Waals surface area contributed by atoms with Gasteiger partial charge in [0, 0.05) is 25.7 Å². The van der Waals surface area contributed by atoms with E-state index in [9.17, 15) is 43.2 Å². The Balaban J connectivity index is 5.25. The third kappa shape index (κ3) is 68.4. The number of esters is 4. The summed E-state index contributed by atoms with van der Waals surface area (Å²) in [5.74, 6) is -1.33. The molecule has 2 unspecified atom stereocenters. The zero-order valence-corrected chi connectivity index (χ0v) is 62.2. The Bertz CT molecular complexity index is 1790. The lowest BCUT2D eigenvalue weighted by molar-refractivity contribution is -0.161. The van der Waals surface area contributed by atoms with Gasteiger partial charge in [0.1, 0.15) is 19.3 Å². The highest BCUT2D eigenvalue weighted by molar-refractivity contribution is 7.47. The van der Waals surface area contributed by atoms with Gasteiger partial charge in [-0.05, 0) is 31.6 Å². The smallest absolute Gasteiger partial charge is 0.462 e. The van der Waals surface area contributed by atoms with Crippen molar-refractivity contribution in [3.8, 4) is 0 Å². The molecule has 17 nitrogen and oxygen atoms in total. The first-order valence-electron chi connectivity index (χ1n) is 38.6. The van der Waals surface area contributed by atoms with Gasteiger partial charge in [-0.1, -0.05) is 336 Å². The Morgan fingerprint density at radius 2 is 0.495 bits per heavy atom. The van der Waals surface area contributed by atoms with E-state index in [1.807, 2.05) is 0 Å². The number of carbonyl (C=O) groups is 4. The SMILES string of the molecule is CCCCCCCCCCCCCCCCC(=O)OC[C@H](COP(=O)(O)OC[C@@H](O)COP(=O)(O)OC[C@@H](COC(=O)CCCCCCCCCCCCC)OC(=O)CCCCCCCCCCCCCC)OC(=O)CCCCCCCCCCCCCCCC(C)C. The molecule has 0 amide bonds. The van der Waals surface area contributed by atoms with Crippen molar-refractivity contribution >= 4 is 39.5 Å². The van der Waals surface area contributed by atoms with Crippen molar-refractivity contribution < 1.29 is 80.2 Å². The highest BCUT2D eigenvalue weighted by Gasteiger charge is 2.30. The van der Waals surface area contributed by atoms with Crippen molar-refractivity contribution in [2.75, 3.05) is 39.6 Å². The average Bonchev–Trinajstić information content (AvgIpc) is 2.12. The standard InChI is InChI=1S/C74H144O17P2/c1-6-9-12-15-18-21-24-26-29-34-38-43-48-53-58-72(77)85-64-70(91-74(79)60-55-50-45-40-35-30-27-28-32-36-41-46-51-56-67(4)5)66-89-93(82,83)87-62-68(75)61-86-92(80,81)88-65-69(63-84-71(76)57-52-47-42-37-31-23-20-17-14-11-8-3)90-73(78)59-54-49-44-39-33-25-22-19-16-13-10-7-2/h67-70,75H,6-66H2,1-5H3,(H,80,81)(H,82,83)/t68-,69+,70+/m0/s1. The summed E-state index contributed by atoms with van der Waals surface area (Å²) in [6, 6.07) is 0. The van der Waals surface area contributed by atoms with Crippen LogP contribution in [0, 0.1) is 5.92 Å². The van der Waals surface area contributed by atoms with Gasteiger partial charge < -0.3 is 33.8 Å². The molecule has 552 valence electrons. The van der Waals surface area contributed by atoms with E-state index < -0.39 is 97.5 Å². The Labute approximate surface area is 568 Å². The number of hydrogen-bond donors (Lipinski definition) is 3. The molecule has 0 aliphatic heterocycles. The van der Waals surface area contributed by atoms with Crippen LogP contribution in [-0.4, -0.2) is 96.7 Å². The summed E-state index contributed by atoms with van der Waals surface area (Å²) in [6.07, 6.45) is 55.2. The second-order valence-electron chi connectivity index (χ2n) is 27.2. The number of unbranched alkanes of at least 4 members (excludes halogenated alkanes) is 46. The second kappa shape index (κ2) is 67.3. The fourth-order valence-corrected chi connectivity index (χ4v) is 12.9. The van der Waals surface area contributed by atoms with E-state index >= 15 is 0 Å². The fourth-order valence-electron chi connectivity index (χ4n) is 11.4. The van der Waals surface area contributed by atoms with Gasteiger partial charge in [0.2, 0.25) is 0 Å². The van der Waals surface area contributed by atoms with Crippen LogP contribution in [0.25, 0.3) is 0 Å². The van der Waals surface area contributed by atoms with Gasteiger partial charge in [0.05, 0.1) is 26.4 Å². The predicted molar refractivity (Wildman–Crippen MR) is 377 cm³/mol. The van der Waals surface area contributed by atoms with Gasteiger partial charge in [-0.2, -0.15) is 0 Å². The molecule has 0 aromatic carbocycles. The minimum absolute atomic E-state index is 0.108. The first-order chi connectivity index (χ1) is 45.0. The summed E-state index contributed by atoms with van der Waals surface area (Å²) in [4.78, 5) is 72.7. The first-order valence-corrected chi connectivity index (χ1v) is 41.6. The lowest BCUT2D eigenvalue weighted by atomic mass is 10.0. The van der Waals surface area contributed by atoms with Gasteiger partial charge in [-0.3, -0.25) is 37.3 Å². The summed E-state index contributed by atoms with van der Waals surface area (Å²) in [5.41, 5.74) is 0. The molecule has 0 saturated heterocycles. The van der Waals surface area contributed by atoms with Gasteiger partial charge in [0.15, 0.2) is 12.2 Å². The topological polar surface area (TPSA) is 237 Å². The van der Waals surface area contributed by atoms with Crippen molar-refractivity contribution in [2.45, 2.75) is 406 Å². The van der Waals surface area contributed by atoms with Crippen LogP contribution in [0.15, 0.2) is 0 Å². The van der Waals surface area contributed by atoms with E-state index in [0.717, 1.165) is 95.8 Å². The minimum Gasteiger partial charge on any atom is -0.462 e. The molecule has 5 atom stereocenters. The maximum absolute atomic E-state index is 13.1.